The van der Waals surface area contributed by atoms with Crippen molar-refractivity contribution in [1.29, 1.82) is 0 Å². The van der Waals surface area contributed by atoms with Gasteiger partial charge in [0, 0.05) is 47.9 Å². The van der Waals surface area contributed by atoms with E-state index in [0.717, 1.165) is 42.4 Å². The smallest absolute Gasteiger partial charge is 0.188 e. The van der Waals surface area contributed by atoms with E-state index in [4.69, 9.17) is 10.7 Å². The number of aromatic amines is 1. The van der Waals surface area contributed by atoms with Gasteiger partial charge in [0.1, 0.15) is 11.7 Å². The van der Waals surface area contributed by atoms with Gasteiger partial charge in [-0.2, -0.15) is 0 Å². The van der Waals surface area contributed by atoms with Crippen LogP contribution in [0.25, 0.3) is 10.9 Å². The molecule has 3 heterocycles. The van der Waals surface area contributed by atoms with E-state index in [0.29, 0.717) is 0 Å². The molecule has 2 aliphatic heterocycles. The highest BCUT2D eigenvalue weighted by Crippen LogP contribution is 2.28. The molecule has 2 aliphatic rings. The first-order valence-electron chi connectivity index (χ1n) is 12.0. The van der Waals surface area contributed by atoms with Crippen LogP contribution in [-0.4, -0.2) is 34.6 Å². The van der Waals surface area contributed by atoms with Gasteiger partial charge < -0.3 is 20.5 Å². The zero-order chi connectivity index (χ0) is 22.8. The number of benzene rings is 2. The summed E-state index contributed by atoms with van der Waals surface area (Å²) in [4.78, 5) is 10.8. The number of nitrogens with one attached hydrogen (secondary N) is 3. The van der Waals surface area contributed by atoms with Crippen molar-refractivity contribution in [3.8, 4) is 0 Å². The van der Waals surface area contributed by atoms with E-state index in [9.17, 15) is 0 Å². The molecule has 2 aromatic carbocycles. The van der Waals surface area contributed by atoms with Crippen LogP contribution in [-0.2, 0) is 6.42 Å². The monoisotopic (exact) mass is 442 g/mol. The molecule has 0 saturated carbocycles. The Kier molecular flexibility index (Phi) is 5.85. The van der Waals surface area contributed by atoms with Crippen molar-refractivity contribution in [2.24, 2.45) is 16.6 Å². The van der Waals surface area contributed by atoms with Crippen LogP contribution in [0.1, 0.15) is 37.3 Å². The van der Waals surface area contributed by atoms with E-state index in [1.165, 1.54) is 35.8 Å². The number of nitrogens with zero attached hydrogens (tertiary/aromatic N) is 2. The Morgan fingerprint density at radius 1 is 1.09 bits per heavy atom. The SMILES string of the molecule is Cc1ccc(NC2=CC(N3CCCCC3)=NC(N)(C(C)Cc3c[nH]c4ccccc34)N2)cc1. The van der Waals surface area contributed by atoms with Crippen LogP contribution in [0.4, 0.5) is 5.69 Å². The number of piperidine rings is 1. The minimum atomic E-state index is -0.910. The molecule has 6 nitrogen and oxygen atoms in total. The standard InChI is InChI=1S/C27H34N6/c1-19-10-12-22(13-11-19)30-25-17-26(33-14-6-3-7-15-33)32-27(28,31-25)20(2)16-21-18-29-24-9-5-4-8-23(21)24/h4-5,8-13,17-18,20,29-31H,3,6-7,14-16,28H2,1-2H3. The molecule has 0 amide bonds. The van der Waals surface area contributed by atoms with Gasteiger partial charge in [-0.25, -0.2) is 4.99 Å². The normalized spacial score (nSPS) is 21.8. The van der Waals surface area contributed by atoms with Gasteiger partial charge in [0.05, 0.1) is 0 Å². The predicted molar refractivity (Wildman–Crippen MR) is 137 cm³/mol. The van der Waals surface area contributed by atoms with Crippen LogP contribution in [0.3, 0.4) is 0 Å². The topological polar surface area (TPSA) is 81.5 Å². The first kappa shape index (κ1) is 21.6. The van der Waals surface area contributed by atoms with Crippen molar-refractivity contribution in [3.63, 3.8) is 0 Å². The largest absolute Gasteiger partial charge is 0.361 e. The Bertz CT molecular complexity index is 1170. The highest BCUT2D eigenvalue weighted by atomic mass is 15.4. The average molecular weight is 443 g/mol. The lowest BCUT2D eigenvalue weighted by Crippen LogP contribution is -2.60. The fourth-order valence-corrected chi connectivity index (χ4v) is 4.79. The minimum absolute atomic E-state index is 0.0695. The van der Waals surface area contributed by atoms with Gasteiger partial charge in [-0.1, -0.05) is 42.8 Å². The predicted octanol–water partition coefficient (Wildman–Crippen LogP) is 4.71. The van der Waals surface area contributed by atoms with Crippen molar-refractivity contribution < 1.29 is 0 Å². The molecule has 0 spiro atoms. The van der Waals surface area contributed by atoms with Crippen molar-refractivity contribution in [1.82, 2.24) is 15.2 Å². The number of likely N-dealkylation sites (tertiary alicyclic amines) is 1. The van der Waals surface area contributed by atoms with Gasteiger partial charge in [0.15, 0.2) is 5.79 Å². The average Bonchev–Trinajstić information content (AvgIpc) is 3.24. The Labute approximate surface area is 196 Å². The number of aromatic nitrogens is 1. The quantitative estimate of drug-likeness (QED) is 0.461. The summed E-state index contributed by atoms with van der Waals surface area (Å²) in [6.45, 7) is 6.33. The molecule has 0 bridgehead atoms. The molecule has 2 unspecified atom stereocenters. The summed E-state index contributed by atoms with van der Waals surface area (Å²) in [5, 5.41) is 8.31. The molecule has 33 heavy (non-hydrogen) atoms. The Morgan fingerprint density at radius 3 is 2.64 bits per heavy atom. The number of aryl methyl sites for hydroxylation is 1. The molecule has 1 saturated heterocycles. The van der Waals surface area contributed by atoms with Gasteiger partial charge in [0.25, 0.3) is 0 Å². The van der Waals surface area contributed by atoms with Crippen LogP contribution in [0.15, 0.2) is 71.6 Å². The van der Waals surface area contributed by atoms with Crippen molar-refractivity contribution in [2.45, 2.75) is 45.3 Å². The second-order valence-electron chi connectivity index (χ2n) is 9.48. The molecule has 5 rings (SSSR count). The molecule has 172 valence electrons. The Morgan fingerprint density at radius 2 is 1.85 bits per heavy atom. The molecule has 1 aromatic heterocycles. The fraction of sp³-hybridized carbons (Fsp3) is 0.370. The molecule has 1 fully saturated rings. The van der Waals surface area contributed by atoms with Crippen LogP contribution in [0, 0.1) is 12.8 Å². The Balaban J connectivity index is 1.43. The zero-order valence-corrected chi connectivity index (χ0v) is 19.6. The number of H-pyrrole nitrogens is 1. The molecule has 0 aliphatic carbocycles. The maximum Gasteiger partial charge on any atom is 0.188 e. The van der Waals surface area contributed by atoms with E-state index in [1.54, 1.807) is 0 Å². The summed E-state index contributed by atoms with van der Waals surface area (Å²) in [5.41, 5.74) is 11.7. The number of hydrogen-bond acceptors (Lipinski definition) is 5. The van der Waals surface area contributed by atoms with Crippen LogP contribution >= 0.6 is 0 Å². The van der Waals surface area contributed by atoms with E-state index >= 15 is 0 Å². The number of hydrogen-bond donors (Lipinski definition) is 4. The van der Waals surface area contributed by atoms with Gasteiger partial charge in [-0.3, -0.25) is 5.73 Å². The lowest BCUT2D eigenvalue weighted by Gasteiger charge is -2.40. The number of nitrogens with two attached hydrogens (primary N) is 1. The number of para-hydroxylation sites is 1. The second kappa shape index (κ2) is 8.94. The van der Waals surface area contributed by atoms with Gasteiger partial charge in [-0.15, -0.1) is 0 Å². The van der Waals surface area contributed by atoms with Crippen LogP contribution < -0.4 is 16.4 Å². The van der Waals surface area contributed by atoms with Gasteiger partial charge in [0.2, 0.25) is 0 Å². The number of amidine groups is 1. The first-order chi connectivity index (χ1) is 16.0. The van der Waals surface area contributed by atoms with E-state index in [1.807, 2.05) is 0 Å². The zero-order valence-electron chi connectivity index (χ0n) is 19.6. The molecule has 6 heteroatoms. The lowest BCUT2D eigenvalue weighted by atomic mass is 9.93. The Hall–Kier alpha value is -3.25. The molecular formula is C27H34N6. The summed E-state index contributed by atoms with van der Waals surface area (Å²) in [7, 11) is 0. The fourth-order valence-electron chi connectivity index (χ4n) is 4.79. The van der Waals surface area contributed by atoms with Crippen molar-refractivity contribution >= 4 is 22.4 Å². The highest BCUT2D eigenvalue weighted by molar-refractivity contribution is 5.95. The van der Waals surface area contributed by atoms with Crippen LogP contribution in [0.2, 0.25) is 0 Å². The molecule has 0 radical (unpaired) electrons. The third-order valence-corrected chi connectivity index (χ3v) is 6.87. The number of rotatable bonds is 5. The number of aliphatic imine (C=N–C) groups is 1. The van der Waals surface area contributed by atoms with Gasteiger partial charge >= 0.3 is 0 Å². The minimum Gasteiger partial charge on any atom is -0.361 e. The molecular weight excluding hydrogens is 408 g/mol. The second-order valence-corrected chi connectivity index (χ2v) is 9.48. The van der Waals surface area contributed by atoms with E-state index < -0.39 is 5.79 Å². The summed E-state index contributed by atoms with van der Waals surface area (Å²) in [6, 6.07) is 16.8. The van der Waals surface area contributed by atoms with E-state index in [-0.39, 0.29) is 5.92 Å². The maximum absolute atomic E-state index is 7.01. The summed E-state index contributed by atoms with van der Waals surface area (Å²) >= 11 is 0. The van der Waals surface area contributed by atoms with Crippen LogP contribution in [0.5, 0.6) is 0 Å². The highest BCUT2D eigenvalue weighted by Gasteiger charge is 2.36. The summed E-state index contributed by atoms with van der Waals surface area (Å²) in [6.07, 6.45) is 8.71. The third kappa shape index (κ3) is 4.62. The lowest BCUT2D eigenvalue weighted by molar-refractivity contribution is 0.247. The summed E-state index contributed by atoms with van der Waals surface area (Å²) in [5.74, 6) is 1.02. The molecule has 3 aromatic rings. The molecule has 2 atom stereocenters. The van der Waals surface area contributed by atoms with Crippen molar-refractivity contribution in [3.05, 3.63) is 77.8 Å². The summed E-state index contributed by atoms with van der Waals surface area (Å²) < 4.78 is 0. The molecule has 5 N–H and O–H groups in total. The third-order valence-electron chi connectivity index (χ3n) is 6.87. The first-order valence-corrected chi connectivity index (χ1v) is 12.0. The van der Waals surface area contributed by atoms with E-state index in [2.05, 4.69) is 95.2 Å². The van der Waals surface area contributed by atoms with Crippen molar-refractivity contribution in [2.75, 3.05) is 18.4 Å². The van der Waals surface area contributed by atoms with Gasteiger partial charge in [-0.05, 0) is 56.4 Å². The maximum atomic E-state index is 7.01. The number of anilines is 1. The number of fused-ring (bicyclic) bond motifs is 1.